The fourth-order valence-corrected chi connectivity index (χ4v) is 3.05. The number of hydrogen-bond donors (Lipinski definition) is 3. The number of hydrazine groups is 1. The summed E-state index contributed by atoms with van der Waals surface area (Å²) in [6.07, 6.45) is 1.13. The van der Waals surface area contributed by atoms with E-state index in [9.17, 15) is 14.9 Å². The summed E-state index contributed by atoms with van der Waals surface area (Å²) in [5, 5.41) is 15.0. The summed E-state index contributed by atoms with van der Waals surface area (Å²) in [7, 11) is 1.56. The van der Waals surface area contributed by atoms with Crippen LogP contribution in [0.4, 0.5) is 17.3 Å². The van der Waals surface area contributed by atoms with Crippen molar-refractivity contribution in [1.29, 1.82) is 0 Å². The topological polar surface area (TPSA) is 131 Å². The van der Waals surface area contributed by atoms with Gasteiger partial charge in [0.25, 0.3) is 5.91 Å². The summed E-state index contributed by atoms with van der Waals surface area (Å²) < 4.78 is 5.10. The number of carbonyl (C=O) groups is 1. The molecule has 0 spiro atoms. The van der Waals surface area contributed by atoms with Crippen molar-refractivity contribution in [2.75, 3.05) is 17.9 Å². The molecular formula is C19H16Cl2N6O4. The van der Waals surface area contributed by atoms with Crippen molar-refractivity contribution in [3.63, 3.8) is 0 Å². The van der Waals surface area contributed by atoms with Crippen molar-refractivity contribution < 1.29 is 14.5 Å². The first-order valence-electron chi connectivity index (χ1n) is 8.76. The zero-order valence-corrected chi connectivity index (χ0v) is 17.6. The zero-order valence-electron chi connectivity index (χ0n) is 16.1. The molecule has 1 amide bonds. The van der Waals surface area contributed by atoms with E-state index < -0.39 is 16.5 Å². The number of nitrogens with one attached hydrogen (secondary N) is 3. The monoisotopic (exact) mass is 462 g/mol. The van der Waals surface area contributed by atoms with Gasteiger partial charge in [-0.3, -0.25) is 25.8 Å². The lowest BCUT2D eigenvalue weighted by atomic mass is 10.2. The third kappa shape index (κ3) is 5.50. The highest BCUT2D eigenvalue weighted by Gasteiger charge is 2.23. The van der Waals surface area contributed by atoms with Crippen molar-refractivity contribution in [3.8, 4) is 5.75 Å². The van der Waals surface area contributed by atoms with Crippen LogP contribution in [-0.4, -0.2) is 27.9 Å². The first-order valence-corrected chi connectivity index (χ1v) is 9.52. The molecule has 0 atom stereocenters. The standard InChI is InChI=1S/C19H16Cl2N6O4/c1-31-13-5-2-11(3-6-13)9-22-17-16(27(29)30)18(24-10-23-17)25-26-19(28)14-7-4-12(20)8-15(14)21/h2-8,10H,9H2,1H3,(H,26,28)(H2,22,23,24,25). The van der Waals surface area contributed by atoms with E-state index in [1.165, 1.54) is 18.2 Å². The van der Waals surface area contributed by atoms with Gasteiger partial charge in [0.2, 0.25) is 11.6 Å². The molecule has 1 heterocycles. The maximum absolute atomic E-state index is 12.3. The molecule has 0 aliphatic heterocycles. The Balaban J connectivity index is 1.74. The molecule has 3 rings (SSSR count). The molecule has 0 fully saturated rings. The number of nitro groups is 1. The van der Waals surface area contributed by atoms with Crippen LogP contribution in [0.3, 0.4) is 0 Å². The minimum Gasteiger partial charge on any atom is -0.497 e. The summed E-state index contributed by atoms with van der Waals surface area (Å²) in [5.41, 5.74) is 5.34. The van der Waals surface area contributed by atoms with E-state index >= 15 is 0 Å². The molecule has 0 saturated heterocycles. The van der Waals surface area contributed by atoms with Gasteiger partial charge in [0.1, 0.15) is 12.1 Å². The molecule has 3 N–H and O–H groups in total. The third-order valence-electron chi connectivity index (χ3n) is 4.09. The number of rotatable bonds is 8. The molecule has 0 unspecified atom stereocenters. The number of amides is 1. The molecule has 10 nitrogen and oxygen atoms in total. The highest BCUT2D eigenvalue weighted by Crippen LogP contribution is 2.29. The van der Waals surface area contributed by atoms with Crippen LogP contribution in [0.25, 0.3) is 0 Å². The quantitative estimate of drug-likeness (QED) is 0.337. The number of aromatic nitrogens is 2. The van der Waals surface area contributed by atoms with E-state index in [4.69, 9.17) is 27.9 Å². The average molecular weight is 463 g/mol. The minimum atomic E-state index is -0.653. The van der Waals surface area contributed by atoms with Crippen LogP contribution in [0, 0.1) is 10.1 Å². The lowest BCUT2D eigenvalue weighted by Gasteiger charge is -2.11. The zero-order chi connectivity index (χ0) is 22.4. The van der Waals surface area contributed by atoms with E-state index in [1.54, 1.807) is 19.2 Å². The second kappa shape index (κ2) is 9.92. The Bertz CT molecular complexity index is 1110. The van der Waals surface area contributed by atoms with Gasteiger partial charge < -0.3 is 10.1 Å². The predicted molar refractivity (Wildman–Crippen MR) is 117 cm³/mol. The van der Waals surface area contributed by atoms with Gasteiger partial charge >= 0.3 is 5.69 Å². The van der Waals surface area contributed by atoms with Crippen LogP contribution in [0.2, 0.25) is 10.0 Å². The van der Waals surface area contributed by atoms with E-state index in [0.717, 1.165) is 11.9 Å². The van der Waals surface area contributed by atoms with E-state index in [2.05, 4.69) is 26.1 Å². The van der Waals surface area contributed by atoms with Gasteiger partial charge in [0.05, 0.1) is 22.6 Å². The molecule has 3 aromatic rings. The number of halogens is 2. The molecule has 1 aromatic heterocycles. The molecule has 160 valence electrons. The van der Waals surface area contributed by atoms with Crippen molar-refractivity contribution in [1.82, 2.24) is 15.4 Å². The molecule has 31 heavy (non-hydrogen) atoms. The maximum Gasteiger partial charge on any atom is 0.354 e. The molecule has 2 aromatic carbocycles. The second-order valence-electron chi connectivity index (χ2n) is 6.08. The number of nitrogens with zero attached hydrogens (tertiary/aromatic N) is 3. The number of ether oxygens (including phenoxy) is 1. The van der Waals surface area contributed by atoms with Crippen molar-refractivity contribution in [2.45, 2.75) is 6.54 Å². The van der Waals surface area contributed by atoms with Crippen LogP contribution in [0.15, 0.2) is 48.8 Å². The van der Waals surface area contributed by atoms with E-state index in [0.29, 0.717) is 10.8 Å². The Morgan fingerprint density at radius 3 is 2.48 bits per heavy atom. The van der Waals surface area contributed by atoms with E-state index in [1.807, 2.05) is 12.1 Å². The summed E-state index contributed by atoms with van der Waals surface area (Å²) in [4.78, 5) is 31.1. The SMILES string of the molecule is COc1ccc(CNc2ncnc(NNC(=O)c3ccc(Cl)cc3Cl)c2[N+](=O)[O-])cc1. The molecule has 0 aliphatic rings. The van der Waals surface area contributed by atoms with Crippen LogP contribution < -0.4 is 20.9 Å². The molecule has 0 bridgehead atoms. The predicted octanol–water partition coefficient (Wildman–Crippen LogP) is 4.07. The molecule has 0 aliphatic carbocycles. The minimum absolute atomic E-state index is 0.0166. The smallest absolute Gasteiger partial charge is 0.354 e. The highest BCUT2D eigenvalue weighted by atomic mass is 35.5. The van der Waals surface area contributed by atoms with Gasteiger partial charge in [-0.2, -0.15) is 0 Å². The average Bonchev–Trinajstić information content (AvgIpc) is 2.76. The number of methoxy groups -OCH3 is 1. The first-order chi connectivity index (χ1) is 14.9. The van der Waals surface area contributed by atoms with Crippen molar-refractivity contribution in [2.24, 2.45) is 0 Å². The van der Waals surface area contributed by atoms with Gasteiger partial charge in [-0.1, -0.05) is 35.3 Å². The van der Waals surface area contributed by atoms with E-state index in [-0.39, 0.29) is 28.8 Å². The summed E-state index contributed by atoms with van der Waals surface area (Å²) in [5.74, 6) is -0.144. The molecular weight excluding hydrogens is 447 g/mol. The number of hydrogen-bond acceptors (Lipinski definition) is 8. The Morgan fingerprint density at radius 1 is 1.13 bits per heavy atom. The second-order valence-corrected chi connectivity index (χ2v) is 6.93. The summed E-state index contributed by atoms with van der Waals surface area (Å²) >= 11 is 11.8. The normalized spacial score (nSPS) is 10.3. The van der Waals surface area contributed by atoms with Gasteiger partial charge in [-0.25, -0.2) is 9.97 Å². The Morgan fingerprint density at radius 2 is 1.84 bits per heavy atom. The summed E-state index contributed by atoms with van der Waals surface area (Å²) in [6.45, 7) is 0.272. The van der Waals surface area contributed by atoms with Crippen LogP contribution in [-0.2, 0) is 6.54 Å². The molecule has 0 saturated carbocycles. The lowest BCUT2D eigenvalue weighted by molar-refractivity contribution is -0.383. The fraction of sp³-hybridized carbons (Fsp3) is 0.105. The van der Waals surface area contributed by atoms with Crippen molar-refractivity contribution in [3.05, 3.63) is 80.1 Å². The largest absolute Gasteiger partial charge is 0.497 e. The van der Waals surface area contributed by atoms with Crippen LogP contribution >= 0.6 is 23.2 Å². The Hall–Kier alpha value is -3.63. The van der Waals surface area contributed by atoms with Gasteiger partial charge in [-0.15, -0.1) is 0 Å². The third-order valence-corrected chi connectivity index (χ3v) is 4.64. The Labute approximate surface area is 186 Å². The lowest BCUT2D eigenvalue weighted by Crippen LogP contribution is -2.30. The van der Waals surface area contributed by atoms with Crippen molar-refractivity contribution >= 4 is 46.4 Å². The first kappa shape index (κ1) is 22.1. The highest BCUT2D eigenvalue weighted by molar-refractivity contribution is 6.36. The summed E-state index contributed by atoms with van der Waals surface area (Å²) in [6, 6.07) is 11.5. The Kier molecular flexibility index (Phi) is 7.06. The maximum atomic E-state index is 12.3. The number of carbonyl (C=O) groups excluding carboxylic acids is 1. The van der Waals surface area contributed by atoms with Crippen LogP contribution in [0.1, 0.15) is 15.9 Å². The van der Waals surface area contributed by atoms with Gasteiger partial charge in [0.15, 0.2) is 0 Å². The number of anilines is 2. The fourth-order valence-electron chi connectivity index (χ4n) is 2.56. The molecule has 12 heteroatoms. The molecule has 0 radical (unpaired) electrons. The number of benzene rings is 2. The van der Waals surface area contributed by atoms with Crippen LogP contribution in [0.5, 0.6) is 5.75 Å². The van der Waals surface area contributed by atoms with Gasteiger partial charge in [-0.05, 0) is 35.9 Å². The van der Waals surface area contributed by atoms with Gasteiger partial charge in [0, 0.05) is 11.6 Å².